The van der Waals surface area contributed by atoms with Crippen molar-refractivity contribution in [2.24, 2.45) is 12.8 Å². The highest BCUT2D eigenvalue weighted by molar-refractivity contribution is 7.90. The second-order valence-corrected chi connectivity index (χ2v) is 9.36. The van der Waals surface area contributed by atoms with Crippen LogP contribution in [-0.4, -0.2) is 35.3 Å². The van der Waals surface area contributed by atoms with E-state index in [1.54, 1.807) is 24.9 Å². The molecule has 4 N–H and O–H groups in total. The molecular formula is C20H21F3N6O3S. The first-order valence-corrected chi connectivity index (χ1v) is 11.4. The SMILES string of the molecule is Cc1nn(C)cc1Nc1cc(NCc2cc(S(C)(=O)=O)ccc2C(N)=O)c(C(F)(F)F)cn1. The first kappa shape index (κ1) is 24.0. The van der Waals surface area contributed by atoms with Crippen molar-refractivity contribution in [1.29, 1.82) is 0 Å². The molecule has 0 saturated heterocycles. The van der Waals surface area contributed by atoms with Gasteiger partial charge >= 0.3 is 6.18 Å². The number of aryl methyl sites for hydroxylation is 2. The molecule has 0 aliphatic carbocycles. The van der Waals surface area contributed by atoms with Crippen molar-refractivity contribution in [2.45, 2.75) is 24.5 Å². The summed E-state index contributed by atoms with van der Waals surface area (Å²) < 4.78 is 66.0. The second-order valence-electron chi connectivity index (χ2n) is 7.35. The molecule has 3 rings (SSSR count). The van der Waals surface area contributed by atoms with Crippen LogP contribution in [0.1, 0.15) is 27.2 Å². The van der Waals surface area contributed by atoms with E-state index in [1.165, 1.54) is 24.3 Å². The number of nitrogens with one attached hydrogen (secondary N) is 2. The number of hydrogen-bond donors (Lipinski definition) is 3. The number of anilines is 3. The van der Waals surface area contributed by atoms with Crippen molar-refractivity contribution >= 4 is 32.9 Å². The number of nitrogens with two attached hydrogens (primary N) is 1. The average molecular weight is 482 g/mol. The maximum absolute atomic E-state index is 13.6. The number of benzene rings is 1. The number of carbonyl (C=O) groups excluding carboxylic acids is 1. The van der Waals surface area contributed by atoms with Crippen LogP contribution in [0, 0.1) is 6.92 Å². The molecule has 1 amide bonds. The predicted molar refractivity (Wildman–Crippen MR) is 116 cm³/mol. The monoisotopic (exact) mass is 482 g/mol. The molecule has 1 aromatic carbocycles. The van der Waals surface area contributed by atoms with Gasteiger partial charge in [0.2, 0.25) is 5.91 Å². The largest absolute Gasteiger partial charge is 0.419 e. The van der Waals surface area contributed by atoms with Crippen molar-refractivity contribution in [3.8, 4) is 0 Å². The zero-order chi connectivity index (χ0) is 24.6. The smallest absolute Gasteiger partial charge is 0.380 e. The summed E-state index contributed by atoms with van der Waals surface area (Å²) in [7, 11) is -1.91. The topological polar surface area (TPSA) is 132 Å². The van der Waals surface area contributed by atoms with E-state index in [0.29, 0.717) is 17.6 Å². The number of alkyl halides is 3. The molecule has 0 spiro atoms. The van der Waals surface area contributed by atoms with Crippen LogP contribution < -0.4 is 16.4 Å². The highest BCUT2D eigenvalue weighted by atomic mass is 32.2. The molecule has 176 valence electrons. The number of hydrogen-bond acceptors (Lipinski definition) is 7. The highest BCUT2D eigenvalue weighted by Gasteiger charge is 2.34. The molecule has 33 heavy (non-hydrogen) atoms. The van der Waals surface area contributed by atoms with Gasteiger partial charge in [-0.1, -0.05) is 0 Å². The molecule has 0 aliphatic heterocycles. The predicted octanol–water partition coefficient (Wildman–Crippen LogP) is 3.00. The summed E-state index contributed by atoms with van der Waals surface area (Å²) >= 11 is 0. The lowest BCUT2D eigenvalue weighted by Gasteiger charge is -2.17. The Morgan fingerprint density at radius 3 is 2.45 bits per heavy atom. The van der Waals surface area contributed by atoms with E-state index in [-0.39, 0.29) is 34.1 Å². The molecule has 0 radical (unpaired) electrons. The fourth-order valence-electron chi connectivity index (χ4n) is 3.13. The van der Waals surface area contributed by atoms with Crippen LogP contribution in [-0.2, 0) is 29.6 Å². The van der Waals surface area contributed by atoms with Crippen LogP contribution in [0.25, 0.3) is 0 Å². The Bertz CT molecular complexity index is 1320. The third-order valence-corrected chi connectivity index (χ3v) is 5.84. The molecule has 0 unspecified atom stereocenters. The lowest BCUT2D eigenvalue weighted by molar-refractivity contribution is -0.137. The molecule has 2 aromatic heterocycles. The van der Waals surface area contributed by atoms with Crippen LogP contribution in [0.4, 0.5) is 30.4 Å². The van der Waals surface area contributed by atoms with Gasteiger partial charge in [0.05, 0.1) is 27.5 Å². The molecular weight excluding hydrogens is 461 g/mol. The molecule has 0 fully saturated rings. The zero-order valence-corrected chi connectivity index (χ0v) is 18.7. The number of amides is 1. The molecule has 0 aliphatic rings. The van der Waals surface area contributed by atoms with Crippen molar-refractivity contribution in [3.63, 3.8) is 0 Å². The van der Waals surface area contributed by atoms with Gasteiger partial charge in [0, 0.05) is 43.9 Å². The van der Waals surface area contributed by atoms with Gasteiger partial charge in [-0.25, -0.2) is 13.4 Å². The number of aromatic nitrogens is 3. The van der Waals surface area contributed by atoms with Crippen molar-refractivity contribution in [2.75, 3.05) is 16.9 Å². The summed E-state index contributed by atoms with van der Waals surface area (Å²) in [6.45, 7) is 1.44. The quantitative estimate of drug-likeness (QED) is 0.472. The summed E-state index contributed by atoms with van der Waals surface area (Å²) in [5.74, 6) is -0.714. The Morgan fingerprint density at radius 1 is 1.21 bits per heavy atom. The Balaban J connectivity index is 1.98. The van der Waals surface area contributed by atoms with Crippen LogP contribution in [0.15, 0.2) is 41.6 Å². The van der Waals surface area contributed by atoms with E-state index in [2.05, 4.69) is 20.7 Å². The van der Waals surface area contributed by atoms with Crippen molar-refractivity contribution in [1.82, 2.24) is 14.8 Å². The van der Waals surface area contributed by atoms with Gasteiger partial charge in [-0.2, -0.15) is 18.3 Å². The number of pyridine rings is 1. The summed E-state index contributed by atoms with van der Waals surface area (Å²) in [4.78, 5) is 15.5. The van der Waals surface area contributed by atoms with Gasteiger partial charge in [0.15, 0.2) is 9.84 Å². The number of halogens is 3. The maximum atomic E-state index is 13.6. The third kappa shape index (κ3) is 5.61. The zero-order valence-electron chi connectivity index (χ0n) is 17.9. The van der Waals surface area contributed by atoms with Crippen LogP contribution in [0.2, 0.25) is 0 Å². The molecule has 0 saturated carbocycles. The van der Waals surface area contributed by atoms with Crippen LogP contribution in [0.5, 0.6) is 0 Å². The minimum Gasteiger partial charge on any atom is -0.380 e. The van der Waals surface area contributed by atoms with E-state index in [4.69, 9.17) is 5.73 Å². The lowest BCUT2D eigenvalue weighted by atomic mass is 10.1. The summed E-state index contributed by atoms with van der Waals surface area (Å²) in [5.41, 5.74) is 5.30. The molecule has 3 aromatic rings. The number of rotatable bonds is 7. The van der Waals surface area contributed by atoms with Gasteiger partial charge in [-0.15, -0.1) is 0 Å². The maximum Gasteiger partial charge on any atom is 0.419 e. The standard InChI is InChI=1S/C20H21F3N6O3S/c1-11-17(10-29(2)28-11)27-18-7-16(15(9-26-18)20(21,22)23)25-8-12-6-13(33(3,31)32)4-5-14(12)19(24)30/h4-7,9-10H,8H2,1-3H3,(H2,24,30)(H2,25,26,27). The first-order chi connectivity index (χ1) is 15.3. The average Bonchev–Trinajstić information content (AvgIpc) is 3.01. The van der Waals surface area contributed by atoms with E-state index in [9.17, 15) is 26.4 Å². The van der Waals surface area contributed by atoms with E-state index in [0.717, 1.165) is 6.26 Å². The Hall–Kier alpha value is -3.61. The van der Waals surface area contributed by atoms with Crippen molar-refractivity contribution in [3.05, 3.63) is 59.0 Å². The highest BCUT2D eigenvalue weighted by Crippen LogP contribution is 2.36. The lowest BCUT2D eigenvalue weighted by Crippen LogP contribution is -2.17. The molecule has 2 heterocycles. The third-order valence-electron chi connectivity index (χ3n) is 4.73. The van der Waals surface area contributed by atoms with E-state index < -0.39 is 27.5 Å². The fourth-order valence-corrected chi connectivity index (χ4v) is 3.81. The Morgan fingerprint density at radius 2 is 1.91 bits per heavy atom. The number of carbonyl (C=O) groups is 1. The first-order valence-electron chi connectivity index (χ1n) is 9.47. The van der Waals surface area contributed by atoms with E-state index >= 15 is 0 Å². The van der Waals surface area contributed by atoms with Crippen molar-refractivity contribution < 1.29 is 26.4 Å². The molecule has 0 atom stereocenters. The second kappa shape index (κ2) is 8.73. The number of primary amides is 1. The van der Waals surface area contributed by atoms with Gasteiger partial charge in [-0.3, -0.25) is 9.48 Å². The van der Waals surface area contributed by atoms with Gasteiger partial charge in [0.25, 0.3) is 0 Å². The van der Waals surface area contributed by atoms with E-state index in [1.807, 2.05) is 0 Å². The number of nitrogens with zero attached hydrogens (tertiary/aromatic N) is 3. The Kier molecular flexibility index (Phi) is 6.36. The normalized spacial score (nSPS) is 11.9. The fraction of sp³-hybridized carbons (Fsp3) is 0.250. The molecule has 0 bridgehead atoms. The van der Waals surface area contributed by atoms with Crippen LogP contribution in [0.3, 0.4) is 0 Å². The summed E-state index contributed by atoms with van der Waals surface area (Å²) in [5, 5.41) is 9.70. The summed E-state index contributed by atoms with van der Waals surface area (Å²) in [6, 6.07) is 4.81. The summed E-state index contributed by atoms with van der Waals surface area (Å²) in [6.07, 6.45) is -1.40. The number of sulfone groups is 1. The minimum absolute atomic E-state index is 0.0122. The van der Waals surface area contributed by atoms with Gasteiger partial charge in [0.1, 0.15) is 5.82 Å². The molecule has 9 nitrogen and oxygen atoms in total. The minimum atomic E-state index is -4.71. The molecule has 13 heteroatoms. The van der Waals surface area contributed by atoms with Gasteiger partial charge in [-0.05, 0) is 30.7 Å². The van der Waals surface area contributed by atoms with Gasteiger partial charge < -0.3 is 16.4 Å². The van der Waals surface area contributed by atoms with Crippen LogP contribution >= 0.6 is 0 Å². The Labute approximate surface area is 187 Å².